The number of hydrogen-bond donors (Lipinski definition) is 0. The summed E-state index contributed by atoms with van der Waals surface area (Å²) in [5.74, 6) is 1.63. The summed E-state index contributed by atoms with van der Waals surface area (Å²) in [6.45, 7) is 21.1. The maximum atomic E-state index is 3.88. The van der Waals surface area contributed by atoms with Crippen molar-refractivity contribution in [2.45, 2.75) is 54.4 Å². The molecule has 0 radical (unpaired) electrons. The molecule has 0 spiro atoms. The zero-order valence-electron chi connectivity index (χ0n) is 13.8. The summed E-state index contributed by atoms with van der Waals surface area (Å²) in [5, 5.41) is 0. The molecule has 1 heteroatoms. The fraction of sp³-hybridized carbons (Fsp3) is 0.667. The minimum Gasteiger partial charge on any atom is -0.324 e. The average Bonchev–Trinajstić information content (AvgIpc) is 2.89. The maximum Gasteiger partial charge on any atom is 2.00 e. The van der Waals surface area contributed by atoms with Crippen molar-refractivity contribution >= 4 is 0 Å². The van der Waals surface area contributed by atoms with E-state index in [-0.39, 0.29) is 19.5 Å². The number of allylic oxidation sites excluding steroid dienone is 2. The van der Waals surface area contributed by atoms with Crippen molar-refractivity contribution in [3.05, 3.63) is 37.1 Å². The SMILES string of the molecule is C=C(C)CC1[CH-]C1(C)C.C=C(C)CC1[CH-]C1(C)C.[Zn+2]. The first-order chi connectivity index (χ1) is 8.04. The molecule has 2 aliphatic carbocycles. The molecular weight excluding hydrogens is 282 g/mol. The summed E-state index contributed by atoms with van der Waals surface area (Å²) in [6.07, 6.45) is 7.16. The standard InChI is InChI=1S/2C9H15.Zn/c2*1-7(2)5-8-6-9(8,3)4;/h2*6,8H,1,5H2,2-4H3;/q2*-1;+2. The van der Waals surface area contributed by atoms with Gasteiger partial charge in [0, 0.05) is 0 Å². The van der Waals surface area contributed by atoms with Gasteiger partial charge in [0.15, 0.2) is 0 Å². The van der Waals surface area contributed by atoms with Crippen LogP contribution in [0, 0.1) is 35.5 Å². The van der Waals surface area contributed by atoms with Gasteiger partial charge in [-0.1, -0.05) is 51.7 Å². The second-order valence-electron chi connectivity index (χ2n) is 7.51. The van der Waals surface area contributed by atoms with Crippen molar-refractivity contribution in [2.75, 3.05) is 0 Å². The van der Waals surface area contributed by atoms with Crippen molar-refractivity contribution in [1.29, 1.82) is 0 Å². The van der Waals surface area contributed by atoms with Crippen LogP contribution in [0.1, 0.15) is 54.4 Å². The van der Waals surface area contributed by atoms with Gasteiger partial charge in [-0.25, -0.2) is 0 Å². The first kappa shape index (κ1) is 19.1. The molecule has 2 saturated carbocycles. The van der Waals surface area contributed by atoms with Crippen LogP contribution >= 0.6 is 0 Å². The molecule has 0 aromatic carbocycles. The van der Waals surface area contributed by atoms with Crippen LogP contribution in [0.25, 0.3) is 0 Å². The van der Waals surface area contributed by atoms with Gasteiger partial charge in [-0.3, -0.25) is 0 Å². The molecule has 19 heavy (non-hydrogen) atoms. The minimum atomic E-state index is 0. The summed E-state index contributed by atoms with van der Waals surface area (Å²) in [7, 11) is 0. The fourth-order valence-corrected chi connectivity index (χ4v) is 2.34. The van der Waals surface area contributed by atoms with E-state index in [2.05, 4.69) is 67.5 Å². The first-order valence-electron chi connectivity index (χ1n) is 7.05. The van der Waals surface area contributed by atoms with Gasteiger partial charge in [0.2, 0.25) is 0 Å². The second-order valence-corrected chi connectivity index (χ2v) is 7.51. The molecule has 0 amide bonds. The minimum absolute atomic E-state index is 0. The predicted molar refractivity (Wildman–Crippen MR) is 82.0 cm³/mol. The molecule has 0 aliphatic heterocycles. The van der Waals surface area contributed by atoms with Gasteiger partial charge in [-0.05, 0) is 13.8 Å². The van der Waals surface area contributed by atoms with Gasteiger partial charge < -0.3 is 12.8 Å². The van der Waals surface area contributed by atoms with Crippen LogP contribution in [-0.2, 0) is 19.5 Å². The molecule has 2 atom stereocenters. The Morgan fingerprint density at radius 1 is 0.842 bits per heavy atom. The molecule has 0 heterocycles. The van der Waals surface area contributed by atoms with Crippen LogP contribution in [0.4, 0.5) is 0 Å². The monoisotopic (exact) mass is 310 g/mol. The third kappa shape index (κ3) is 6.89. The molecule has 0 saturated heterocycles. The van der Waals surface area contributed by atoms with E-state index >= 15 is 0 Å². The second kappa shape index (κ2) is 6.71. The van der Waals surface area contributed by atoms with Crippen LogP contribution < -0.4 is 0 Å². The largest absolute Gasteiger partial charge is 2.00 e. The normalized spacial score (nSPS) is 28.3. The topological polar surface area (TPSA) is 0 Å². The summed E-state index contributed by atoms with van der Waals surface area (Å²) in [6, 6.07) is 0. The quantitative estimate of drug-likeness (QED) is 0.359. The van der Waals surface area contributed by atoms with Gasteiger partial charge in [0.1, 0.15) is 0 Å². The molecule has 2 aliphatic rings. The van der Waals surface area contributed by atoms with E-state index in [9.17, 15) is 0 Å². The Bertz CT molecular complexity index is 302. The van der Waals surface area contributed by atoms with Crippen LogP contribution in [0.5, 0.6) is 0 Å². The predicted octanol–water partition coefficient (Wildman–Crippen LogP) is 5.62. The van der Waals surface area contributed by atoms with Gasteiger partial charge in [-0.15, -0.1) is 13.2 Å². The number of hydrogen-bond acceptors (Lipinski definition) is 0. The van der Waals surface area contributed by atoms with Gasteiger partial charge in [0.25, 0.3) is 0 Å². The first-order valence-corrected chi connectivity index (χ1v) is 7.05. The Kier molecular flexibility index (Phi) is 6.74. The van der Waals surface area contributed by atoms with Crippen molar-refractivity contribution in [3.8, 4) is 0 Å². The Labute approximate surface area is 133 Å². The third-order valence-electron chi connectivity index (χ3n) is 4.09. The molecule has 104 valence electrons. The van der Waals surface area contributed by atoms with Crippen molar-refractivity contribution in [1.82, 2.24) is 0 Å². The maximum absolute atomic E-state index is 3.88. The van der Waals surface area contributed by atoms with Crippen molar-refractivity contribution < 1.29 is 19.5 Å². The molecule has 0 bridgehead atoms. The molecule has 0 nitrogen and oxygen atoms in total. The van der Waals surface area contributed by atoms with E-state index in [1.807, 2.05) is 0 Å². The zero-order chi connectivity index (χ0) is 14.1. The summed E-state index contributed by atoms with van der Waals surface area (Å²) in [5.41, 5.74) is 3.64. The van der Waals surface area contributed by atoms with Gasteiger partial charge in [-0.2, -0.15) is 22.7 Å². The average molecular weight is 312 g/mol. The van der Waals surface area contributed by atoms with Gasteiger partial charge >= 0.3 is 19.5 Å². The van der Waals surface area contributed by atoms with Crippen molar-refractivity contribution in [2.24, 2.45) is 22.7 Å². The van der Waals surface area contributed by atoms with Crippen LogP contribution in [-0.4, -0.2) is 0 Å². The Morgan fingerprint density at radius 2 is 1.05 bits per heavy atom. The summed E-state index contributed by atoms with van der Waals surface area (Å²) >= 11 is 0. The summed E-state index contributed by atoms with van der Waals surface area (Å²) in [4.78, 5) is 0. The Hall–Kier alpha value is 0.103. The van der Waals surface area contributed by atoms with E-state index < -0.39 is 0 Å². The smallest absolute Gasteiger partial charge is 0.324 e. The van der Waals surface area contributed by atoms with E-state index in [0.717, 1.165) is 11.8 Å². The molecule has 0 aromatic rings. The molecule has 0 aromatic heterocycles. The van der Waals surface area contributed by atoms with Crippen LogP contribution in [0.2, 0.25) is 0 Å². The third-order valence-corrected chi connectivity index (χ3v) is 4.09. The number of rotatable bonds is 4. The zero-order valence-corrected chi connectivity index (χ0v) is 16.8. The molecule has 2 unspecified atom stereocenters. The van der Waals surface area contributed by atoms with Crippen LogP contribution in [0.3, 0.4) is 0 Å². The van der Waals surface area contributed by atoms with E-state index in [4.69, 9.17) is 0 Å². The van der Waals surface area contributed by atoms with E-state index in [1.54, 1.807) is 0 Å². The van der Waals surface area contributed by atoms with E-state index in [0.29, 0.717) is 10.8 Å². The molecular formula is C18H30Zn. The van der Waals surface area contributed by atoms with Crippen LogP contribution in [0.15, 0.2) is 24.3 Å². The molecule has 0 N–H and O–H groups in total. The molecule has 2 rings (SSSR count). The van der Waals surface area contributed by atoms with Crippen molar-refractivity contribution in [3.63, 3.8) is 0 Å². The fourth-order valence-electron chi connectivity index (χ4n) is 2.34. The Balaban J connectivity index is 0.000000324. The van der Waals surface area contributed by atoms with E-state index in [1.165, 1.54) is 24.0 Å². The van der Waals surface area contributed by atoms with Gasteiger partial charge in [0.05, 0.1) is 0 Å². The molecule has 2 fully saturated rings. The Morgan fingerprint density at radius 3 is 1.11 bits per heavy atom. The summed E-state index contributed by atoms with van der Waals surface area (Å²) < 4.78 is 0.